The Hall–Kier alpha value is -1.63. The third kappa shape index (κ3) is 3.58. The molecule has 1 aromatic heterocycles. The molecule has 0 atom stereocenters. The molecule has 0 aliphatic rings. The fourth-order valence-electron chi connectivity index (χ4n) is 1.83. The van der Waals surface area contributed by atoms with E-state index < -0.39 is 5.97 Å². The third-order valence-electron chi connectivity index (χ3n) is 2.85. The van der Waals surface area contributed by atoms with E-state index in [4.69, 9.17) is 0 Å². The van der Waals surface area contributed by atoms with Gasteiger partial charge in [-0.05, 0) is 35.9 Å². The Balaban J connectivity index is 1.91. The summed E-state index contributed by atoms with van der Waals surface area (Å²) in [7, 11) is 0. The second-order valence-corrected chi connectivity index (χ2v) is 7.65. The molecule has 1 N–H and O–H groups in total. The van der Waals surface area contributed by atoms with Crippen LogP contribution in [0, 0.1) is 0 Å². The zero-order valence-corrected chi connectivity index (χ0v) is 14.4. The molecule has 22 heavy (non-hydrogen) atoms. The Kier molecular flexibility index (Phi) is 4.61. The number of hydrogen-bond acceptors (Lipinski definition) is 4. The van der Waals surface area contributed by atoms with Crippen molar-refractivity contribution in [1.29, 1.82) is 0 Å². The summed E-state index contributed by atoms with van der Waals surface area (Å²) in [6.45, 7) is 0. The lowest BCUT2D eigenvalue weighted by Crippen LogP contribution is -1.96. The molecule has 110 valence electrons. The van der Waals surface area contributed by atoms with Gasteiger partial charge in [-0.3, -0.25) is 0 Å². The number of thioether (sulfide) groups is 1. The van der Waals surface area contributed by atoms with Crippen LogP contribution < -0.4 is 0 Å². The SMILES string of the molecule is O=C(O)C(=Cc1ccc(Br)cc1)Sc1nc2ccccc2s1. The molecule has 2 aromatic carbocycles. The average molecular weight is 392 g/mol. The minimum absolute atomic E-state index is 0.251. The number of thiazole rings is 1. The quantitative estimate of drug-likeness (QED) is 0.485. The predicted octanol–water partition coefficient (Wildman–Crippen LogP) is 5.28. The molecular formula is C16H10BrNO2S2. The molecule has 3 nitrogen and oxygen atoms in total. The first kappa shape index (κ1) is 15.3. The lowest BCUT2D eigenvalue weighted by atomic mass is 10.2. The summed E-state index contributed by atoms with van der Waals surface area (Å²) in [5, 5.41) is 9.40. The molecular weight excluding hydrogens is 382 g/mol. The number of carbonyl (C=O) groups is 1. The number of halogens is 1. The fraction of sp³-hybridized carbons (Fsp3) is 0. The van der Waals surface area contributed by atoms with E-state index in [0.717, 1.165) is 24.6 Å². The van der Waals surface area contributed by atoms with Crippen LogP contribution in [-0.4, -0.2) is 16.1 Å². The number of aromatic nitrogens is 1. The molecule has 0 fully saturated rings. The predicted molar refractivity (Wildman–Crippen MR) is 95.2 cm³/mol. The number of benzene rings is 2. The summed E-state index contributed by atoms with van der Waals surface area (Å²) in [6.07, 6.45) is 1.66. The van der Waals surface area contributed by atoms with Gasteiger partial charge in [0.05, 0.1) is 10.2 Å². The molecule has 0 bridgehead atoms. The number of rotatable bonds is 4. The van der Waals surface area contributed by atoms with Crippen LogP contribution in [0.2, 0.25) is 0 Å². The number of fused-ring (bicyclic) bond motifs is 1. The fourth-order valence-corrected chi connectivity index (χ4v) is 4.12. The second-order valence-electron chi connectivity index (χ2n) is 4.41. The minimum atomic E-state index is -0.952. The first-order valence-electron chi connectivity index (χ1n) is 6.36. The molecule has 6 heteroatoms. The van der Waals surface area contributed by atoms with E-state index in [1.54, 1.807) is 6.08 Å². The Bertz CT molecular complexity index is 823. The topological polar surface area (TPSA) is 50.2 Å². The van der Waals surface area contributed by atoms with Crippen molar-refractivity contribution in [3.8, 4) is 0 Å². The molecule has 1 heterocycles. The molecule has 0 aliphatic carbocycles. The van der Waals surface area contributed by atoms with Crippen LogP contribution in [0.3, 0.4) is 0 Å². The van der Waals surface area contributed by atoms with E-state index in [0.29, 0.717) is 0 Å². The van der Waals surface area contributed by atoms with E-state index in [1.165, 1.54) is 23.1 Å². The van der Waals surface area contributed by atoms with Crippen molar-refractivity contribution in [2.45, 2.75) is 4.34 Å². The average Bonchev–Trinajstić information content (AvgIpc) is 2.91. The van der Waals surface area contributed by atoms with Crippen molar-refractivity contribution < 1.29 is 9.90 Å². The standard InChI is InChI=1S/C16H10BrNO2S2/c17-11-7-5-10(6-8-11)9-14(15(19)20)22-16-18-12-3-1-2-4-13(12)21-16/h1-9H,(H,19,20). The number of carboxylic acids is 1. The summed E-state index contributed by atoms with van der Waals surface area (Å²) >= 11 is 6.04. The number of nitrogens with zero attached hydrogens (tertiary/aromatic N) is 1. The van der Waals surface area contributed by atoms with E-state index in [9.17, 15) is 9.90 Å². The number of para-hydroxylation sites is 1. The normalized spacial score (nSPS) is 11.8. The van der Waals surface area contributed by atoms with Gasteiger partial charge in [0.1, 0.15) is 4.91 Å². The van der Waals surface area contributed by atoms with Gasteiger partial charge in [0.25, 0.3) is 0 Å². The molecule has 0 unspecified atom stereocenters. The Morgan fingerprint density at radius 3 is 2.59 bits per heavy atom. The van der Waals surface area contributed by atoms with E-state index in [-0.39, 0.29) is 4.91 Å². The lowest BCUT2D eigenvalue weighted by molar-refractivity contribution is -0.131. The summed E-state index contributed by atoms with van der Waals surface area (Å²) in [4.78, 5) is 16.2. The molecule has 0 radical (unpaired) electrons. The Morgan fingerprint density at radius 1 is 1.18 bits per heavy atom. The molecule has 0 amide bonds. The van der Waals surface area contributed by atoms with Crippen LogP contribution in [0.5, 0.6) is 0 Å². The number of carboxylic acid groups (broad SMARTS) is 1. The third-order valence-corrected chi connectivity index (χ3v) is 5.49. The first-order chi connectivity index (χ1) is 10.6. The summed E-state index contributed by atoms with van der Waals surface area (Å²) in [5.74, 6) is -0.952. The highest BCUT2D eigenvalue weighted by Crippen LogP contribution is 2.34. The van der Waals surface area contributed by atoms with E-state index in [1.807, 2.05) is 48.5 Å². The molecule has 3 aromatic rings. The van der Waals surface area contributed by atoms with Gasteiger partial charge in [0, 0.05) is 4.47 Å². The molecule has 0 aliphatic heterocycles. The molecule has 3 rings (SSSR count). The van der Waals surface area contributed by atoms with Crippen molar-refractivity contribution in [2.75, 3.05) is 0 Å². The van der Waals surface area contributed by atoms with Crippen molar-refractivity contribution >= 4 is 61.3 Å². The van der Waals surface area contributed by atoms with Crippen LogP contribution in [0.15, 0.2) is 62.2 Å². The minimum Gasteiger partial charge on any atom is -0.477 e. The van der Waals surface area contributed by atoms with Crippen molar-refractivity contribution in [2.24, 2.45) is 0 Å². The van der Waals surface area contributed by atoms with Crippen LogP contribution in [0.1, 0.15) is 5.56 Å². The van der Waals surface area contributed by atoms with Crippen molar-refractivity contribution in [3.05, 3.63) is 63.5 Å². The van der Waals surface area contributed by atoms with Gasteiger partial charge < -0.3 is 5.11 Å². The van der Waals surface area contributed by atoms with Gasteiger partial charge >= 0.3 is 5.97 Å². The molecule has 0 saturated carbocycles. The molecule has 0 saturated heterocycles. The Morgan fingerprint density at radius 2 is 1.91 bits per heavy atom. The highest BCUT2D eigenvalue weighted by atomic mass is 79.9. The van der Waals surface area contributed by atoms with Gasteiger partial charge in [-0.25, -0.2) is 9.78 Å². The largest absolute Gasteiger partial charge is 0.477 e. The lowest BCUT2D eigenvalue weighted by Gasteiger charge is -2.00. The molecule has 0 spiro atoms. The van der Waals surface area contributed by atoms with Crippen molar-refractivity contribution in [1.82, 2.24) is 4.98 Å². The maximum Gasteiger partial charge on any atom is 0.342 e. The van der Waals surface area contributed by atoms with Crippen LogP contribution in [-0.2, 0) is 4.79 Å². The summed E-state index contributed by atoms with van der Waals surface area (Å²) in [5.41, 5.74) is 1.73. The number of hydrogen-bond donors (Lipinski definition) is 1. The van der Waals surface area contributed by atoms with Gasteiger partial charge in [-0.1, -0.05) is 52.0 Å². The summed E-state index contributed by atoms with van der Waals surface area (Å²) < 4.78 is 2.74. The van der Waals surface area contributed by atoms with Crippen LogP contribution >= 0.6 is 39.0 Å². The van der Waals surface area contributed by atoms with E-state index >= 15 is 0 Å². The van der Waals surface area contributed by atoms with Crippen molar-refractivity contribution in [3.63, 3.8) is 0 Å². The van der Waals surface area contributed by atoms with Gasteiger partial charge in [-0.15, -0.1) is 11.3 Å². The van der Waals surface area contributed by atoms with Gasteiger partial charge in [-0.2, -0.15) is 0 Å². The first-order valence-corrected chi connectivity index (χ1v) is 8.78. The maximum atomic E-state index is 11.5. The zero-order valence-electron chi connectivity index (χ0n) is 11.2. The van der Waals surface area contributed by atoms with Crippen LogP contribution in [0.4, 0.5) is 0 Å². The maximum absolute atomic E-state index is 11.5. The van der Waals surface area contributed by atoms with Gasteiger partial charge in [0.2, 0.25) is 0 Å². The number of aliphatic carboxylic acids is 1. The smallest absolute Gasteiger partial charge is 0.342 e. The van der Waals surface area contributed by atoms with E-state index in [2.05, 4.69) is 20.9 Å². The Labute approximate surface area is 143 Å². The van der Waals surface area contributed by atoms with Gasteiger partial charge in [0.15, 0.2) is 4.34 Å². The second kappa shape index (κ2) is 6.64. The van der Waals surface area contributed by atoms with Crippen LogP contribution in [0.25, 0.3) is 16.3 Å². The highest BCUT2D eigenvalue weighted by molar-refractivity contribution is 9.10. The zero-order chi connectivity index (χ0) is 15.5. The monoisotopic (exact) mass is 391 g/mol. The summed E-state index contributed by atoms with van der Waals surface area (Å²) in [6, 6.07) is 15.3. The highest BCUT2D eigenvalue weighted by Gasteiger charge is 2.13.